The number of Topliss-reactive ketones (excluding diaryl/α,β-unsaturated/α-hetero) is 2. The van der Waals surface area contributed by atoms with E-state index >= 15 is 0 Å². The fraction of sp³-hybridized carbons (Fsp3) is 0.905. The number of aliphatic imine (C=N–C) groups is 1. The molecule has 10 nitrogen and oxygen atoms in total. The van der Waals surface area contributed by atoms with Crippen molar-refractivity contribution in [2.75, 3.05) is 19.8 Å². The largest absolute Gasteiger partial charge is 0.394 e. The molecule has 0 aliphatic carbocycles. The molecule has 0 aromatic heterocycles. The van der Waals surface area contributed by atoms with E-state index in [0.29, 0.717) is 19.3 Å². The Balaban J connectivity index is 0. The molecule has 0 radical (unpaired) electrons. The molecule has 0 aliphatic rings. The number of ketones is 2. The number of guanidine groups is 1. The number of rotatable bonds is 39. The summed E-state index contributed by atoms with van der Waals surface area (Å²) in [4.78, 5) is 45.7. The quantitative estimate of drug-likeness (QED) is 0.0234. The summed E-state index contributed by atoms with van der Waals surface area (Å²) in [7, 11) is 0. The van der Waals surface area contributed by atoms with Crippen molar-refractivity contribution in [2.24, 2.45) is 22.2 Å². The van der Waals surface area contributed by atoms with Gasteiger partial charge >= 0.3 is 0 Å². The predicted molar refractivity (Wildman–Crippen MR) is 224 cm³/mol. The molecule has 314 valence electrons. The molecule has 0 spiro atoms. The molecule has 3 atom stereocenters. The zero-order valence-electron chi connectivity index (χ0n) is 34.2. The minimum atomic E-state index is -1.23. The van der Waals surface area contributed by atoms with E-state index in [1.165, 1.54) is 116 Å². The third kappa shape index (κ3) is 29.2. The summed E-state index contributed by atoms with van der Waals surface area (Å²) in [5.41, 5.74) is 17.1. The second-order valence-electron chi connectivity index (χ2n) is 15.1. The van der Waals surface area contributed by atoms with Crippen LogP contribution in [0.3, 0.4) is 0 Å². The molecule has 0 aliphatic heterocycles. The van der Waals surface area contributed by atoms with E-state index in [9.17, 15) is 24.6 Å². The van der Waals surface area contributed by atoms with Crippen LogP contribution in [0.15, 0.2) is 4.99 Å². The Morgan fingerprint density at radius 2 is 0.830 bits per heavy atom. The highest BCUT2D eigenvalue weighted by Crippen LogP contribution is 2.19. The van der Waals surface area contributed by atoms with Gasteiger partial charge in [-0.05, 0) is 25.7 Å². The highest BCUT2D eigenvalue weighted by molar-refractivity contribution is 5.95. The van der Waals surface area contributed by atoms with E-state index in [4.69, 9.17) is 17.2 Å². The van der Waals surface area contributed by atoms with Crippen LogP contribution in [-0.4, -0.2) is 76.4 Å². The van der Waals surface area contributed by atoms with Crippen LogP contribution < -0.4 is 17.2 Å². The molecule has 0 saturated heterocycles. The van der Waals surface area contributed by atoms with Crippen molar-refractivity contribution in [3.63, 3.8) is 0 Å². The van der Waals surface area contributed by atoms with E-state index in [0.717, 1.165) is 43.4 Å². The third-order valence-electron chi connectivity index (χ3n) is 10.4. The van der Waals surface area contributed by atoms with Gasteiger partial charge in [-0.25, -0.2) is 0 Å². The Labute approximate surface area is 331 Å². The van der Waals surface area contributed by atoms with E-state index in [-0.39, 0.29) is 55.7 Å². The number of nitrogens with zero attached hydrogens (tertiary/aromatic N) is 2. The highest BCUT2D eigenvalue weighted by atomic mass is 35.5. The lowest BCUT2D eigenvalue weighted by Crippen LogP contribution is -2.60. The molecule has 0 aromatic carbocycles. The molecule has 0 rings (SSSR count). The number of carbonyl (C=O) groups is 3. The molecular formula is C42H84ClN5O5. The maximum Gasteiger partial charge on any atom is 0.240 e. The van der Waals surface area contributed by atoms with Gasteiger partial charge in [0.1, 0.15) is 12.1 Å². The zero-order valence-corrected chi connectivity index (χ0v) is 35.0. The molecule has 2 unspecified atom stereocenters. The lowest BCUT2D eigenvalue weighted by atomic mass is 9.97. The number of unbranched alkanes of at least 4 members (excludes halogenated alkanes) is 24. The van der Waals surface area contributed by atoms with Gasteiger partial charge in [-0.3, -0.25) is 19.4 Å². The van der Waals surface area contributed by atoms with Crippen molar-refractivity contribution in [2.45, 2.75) is 225 Å². The van der Waals surface area contributed by atoms with Crippen molar-refractivity contribution in [1.29, 1.82) is 0 Å². The third-order valence-corrected chi connectivity index (χ3v) is 10.4. The van der Waals surface area contributed by atoms with Crippen molar-refractivity contribution in [3.8, 4) is 0 Å². The van der Waals surface area contributed by atoms with Gasteiger partial charge in [-0.15, -0.1) is 12.4 Å². The SMILES string of the molecule is CCCCCCCCCCCCCCCC(=O)C(CO)N(C(=O)[C@@H](N)CCCN=C(N)N)C(CO)C(=O)CCCCCCCCCCCCCCC.Cl. The van der Waals surface area contributed by atoms with Gasteiger partial charge in [-0.1, -0.05) is 168 Å². The van der Waals surface area contributed by atoms with Gasteiger partial charge in [-0.2, -0.15) is 0 Å². The normalized spacial score (nSPS) is 12.8. The highest BCUT2D eigenvalue weighted by Gasteiger charge is 2.39. The number of hydrogen-bond donors (Lipinski definition) is 5. The van der Waals surface area contributed by atoms with Crippen molar-refractivity contribution < 1.29 is 24.6 Å². The monoisotopic (exact) mass is 774 g/mol. The van der Waals surface area contributed by atoms with Crippen LogP contribution in [0.4, 0.5) is 0 Å². The first-order valence-electron chi connectivity index (χ1n) is 21.6. The number of amides is 1. The van der Waals surface area contributed by atoms with Crippen LogP contribution in [-0.2, 0) is 14.4 Å². The second kappa shape index (κ2) is 38.5. The van der Waals surface area contributed by atoms with E-state index in [1.807, 2.05) is 0 Å². The van der Waals surface area contributed by atoms with E-state index in [1.54, 1.807) is 0 Å². The summed E-state index contributed by atoms with van der Waals surface area (Å²) in [6.07, 6.45) is 31.8. The lowest BCUT2D eigenvalue weighted by molar-refractivity contribution is -0.150. The summed E-state index contributed by atoms with van der Waals surface area (Å²) >= 11 is 0. The lowest BCUT2D eigenvalue weighted by Gasteiger charge is -2.37. The summed E-state index contributed by atoms with van der Waals surface area (Å²) in [5.74, 6) is -1.29. The molecule has 0 aromatic rings. The van der Waals surface area contributed by atoms with Gasteiger partial charge in [0.2, 0.25) is 5.91 Å². The van der Waals surface area contributed by atoms with Gasteiger partial charge in [0, 0.05) is 19.4 Å². The predicted octanol–water partition coefficient (Wildman–Crippen LogP) is 8.44. The van der Waals surface area contributed by atoms with Crippen molar-refractivity contribution >= 4 is 35.8 Å². The number of nitrogens with two attached hydrogens (primary N) is 3. The van der Waals surface area contributed by atoms with Crippen LogP contribution in [0.25, 0.3) is 0 Å². The summed E-state index contributed by atoms with van der Waals surface area (Å²) < 4.78 is 0. The number of hydrogen-bond acceptors (Lipinski definition) is 7. The Hall–Kier alpha value is -1.75. The molecule has 8 N–H and O–H groups in total. The molecule has 1 amide bonds. The van der Waals surface area contributed by atoms with Crippen molar-refractivity contribution in [3.05, 3.63) is 0 Å². The summed E-state index contributed by atoms with van der Waals surface area (Å²) in [6, 6.07) is -3.51. The van der Waals surface area contributed by atoms with Crippen LogP contribution in [0.1, 0.15) is 206 Å². The Morgan fingerprint density at radius 3 is 1.11 bits per heavy atom. The molecular weight excluding hydrogens is 690 g/mol. The van der Waals surface area contributed by atoms with Crippen LogP contribution in [0.5, 0.6) is 0 Å². The fourth-order valence-electron chi connectivity index (χ4n) is 7.02. The minimum Gasteiger partial charge on any atom is -0.394 e. The first kappa shape index (κ1) is 53.4. The van der Waals surface area contributed by atoms with Gasteiger partial charge in [0.05, 0.1) is 19.3 Å². The van der Waals surface area contributed by atoms with Gasteiger partial charge < -0.3 is 32.3 Å². The number of aliphatic hydroxyl groups is 2. The Kier molecular flexibility index (Phi) is 38.8. The maximum absolute atomic E-state index is 13.7. The smallest absolute Gasteiger partial charge is 0.240 e. The van der Waals surface area contributed by atoms with Crippen LogP contribution >= 0.6 is 12.4 Å². The zero-order chi connectivity index (χ0) is 38.7. The van der Waals surface area contributed by atoms with E-state index in [2.05, 4.69) is 18.8 Å². The molecule has 53 heavy (non-hydrogen) atoms. The maximum atomic E-state index is 13.7. The molecule has 0 saturated carbocycles. The second-order valence-corrected chi connectivity index (χ2v) is 15.1. The fourth-order valence-corrected chi connectivity index (χ4v) is 7.02. The summed E-state index contributed by atoms with van der Waals surface area (Å²) in [6.45, 7) is 3.50. The van der Waals surface area contributed by atoms with Crippen molar-refractivity contribution in [1.82, 2.24) is 4.90 Å². The van der Waals surface area contributed by atoms with E-state index < -0.39 is 37.2 Å². The number of carbonyl (C=O) groups excluding carboxylic acids is 3. The summed E-state index contributed by atoms with van der Waals surface area (Å²) in [5, 5.41) is 20.8. The van der Waals surface area contributed by atoms with Gasteiger partial charge in [0.15, 0.2) is 17.5 Å². The first-order chi connectivity index (χ1) is 25.2. The number of halogens is 1. The topological polar surface area (TPSA) is 185 Å². The average molecular weight is 775 g/mol. The number of aliphatic hydroxyl groups excluding tert-OH is 2. The Bertz CT molecular complexity index is 855. The van der Waals surface area contributed by atoms with Crippen LogP contribution in [0.2, 0.25) is 0 Å². The standard InChI is InChI=1S/C42H83N5O5.ClH/c1-3-5-7-9-11-13-15-17-19-21-23-25-27-31-39(50)37(34-48)47(41(52)36(43)30-29-33-46-42(44)45)38(35-49)40(51)32-28-26-24-22-20-18-16-14-12-10-8-6-4-2;/h36-38,48-49H,3-35,43H2,1-2H3,(H4,44,45,46);1H/t36-,37?,38?;/m0./s1. The molecule has 0 bridgehead atoms. The molecule has 0 fully saturated rings. The minimum absolute atomic E-state index is 0. The van der Waals surface area contributed by atoms with Gasteiger partial charge in [0.25, 0.3) is 0 Å². The molecule has 11 heteroatoms. The average Bonchev–Trinajstić information content (AvgIpc) is 3.13. The molecule has 0 heterocycles. The Morgan fingerprint density at radius 1 is 0.528 bits per heavy atom. The first-order valence-corrected chi connectivity index (χ1v) is 21.6. The van der Waals surface area contributed by atoms with Crippen LogP contribution in [0, 0.1) is 0 Å².